The van der Waals surface area contributed by atoms with Gasteiger partial charge in [-0.15, -0.1) is 0 Å². The molecular weight excluding hydrogens is 291 g/mol. The fourth-order valence-corrected chi connectivity index (χ4v) is 2.10. The largest absolute Gasteiger partial charge is 0.398 e. The molecule has 0 unspecified atom stereocenters. The van der Waals surface area contributed by atoms with Crippen LogP contribution in [0, 0.1) is 6.92 Å². The van der Waals surface area contributed by atoms with Crippen LogP contribution in [0.4, 0.5) is 17.1 Å². The summed E-state index contributed by atoms with van der Waals surface area (Å²) in [6.07, 6.45) is 0. The first-order valence-corrected chi connectivity index (χ1v) is 6.39. The molecule has 2 nitrogen and oxygen atoms in total. The normalized spacial score (nSPS) is 10.4. The van der Waals surface area contributed by atoms with Crippen molar-refractivity contribution in [2.45, 2.75) is 6.92 Å². The second-order valence-electron chi connectivity index (χ2n) is 3.92. The van der Waals surface area contributed by atoms with E-state index in [-0.39, 0.29) is 0 Å². The van der Waals surface area contributed by atoms with Crippen molar-refractivity contribution in [1.82, 2.24) is 0 Å². The van der Waals surface area contributed by atoms with Gasteiger partial charge in [0.1, 0.15) is 0 Å². The van der Waals surface area contributed by atoms with E-state index in [0.717, 1.165) is 16.9 Å². The van der Waals surface area contributed by atoms with Gasteiger partial charge in [-0.05, 0) is 36.8 Å². The zero-order valence-corrected chi connectivity index (χ0v) is 11.9. The van der Waals surface area contributed by atoms with Crippen LogP contribution in [0.25, 0.3) is 0 Å². The minimum atomic E-state index is 0.478. The van der Waals surface area contributed by atoms with Crippen molar-refractivity contribution in [3.8, 4) is 0 Å². The molecular formula is C13H11Cl3N2. The highest BCUT2D eigenvalue weighted by atomic mass is 35.5. The van der Waals surface area contributed by atoms with E-state index in [9.17, 15) is 0 Å². The Morgan fingerprint density at radius 1 is 1.00 bits per heavy atom. The molecule has 3 N–H and O–H groups in total. The van der Waals surface area contributed by atoms with Crippen molar-refractivity contribution in [1.29, 1.82) is 0 Å². The Kier molecular flexibility index (Phi) is 3.91. The monoisotopic (exact) mass is 300 g/mol. The molecule has 18 heavy (non-hydrogen) atoms. The number of hydrogen-bond donors (Lipinski definition) is 2. The molecule has 0 aliphatic carbocycles. The van der Waals surface area contributed by atoms with Crippen LogP contribution in [0.1, 0.15) is 5.56 Å². The second-order valence-corrected chi connectivity index (χ2v) is 5.11. The summed E-state index contributed by atoms with van der Waals surface area (Å²) in [4.78, 5) is 0. The predicted molar refractivity (Wildman–Crippen MR) is 80.3 cm³/mol. The van der Waals surface area contributed by atoms with Crippen molar-refractivity contribution in [3.05, 3.63) is 51.0 Å². The van der Waals surface area contributed by atoms with Crippen LogP contribution >= 0.6 is 34.8 Å². The lowest BCUT2D eigenvalue weighted by Gasteiger charge is -2.13. The third-order valence-electron chi connectivity index (χ3n) is 2.56. The average Bonchev–Trinajstić information content (AvgIpc) is 2.32. The SMILES string of the molecule is Cc1cc(N)c(Cl)cc1Nc1cccc(Cl)c1Cl. The highest BCUT2D eigenvalue weighted by Crippen LogP contribution is 2.34. The van der Waals surface area contributed by atoms with E-state index < -0.39 is 0 Å². The van der Waals surface area contributed by atoms with E-state index in [0.29, 0.717) is 20.8 Å². The molecule has 0 aromatic heterocycles. The van der Waals surface area contributed by atoms with Crippen molar-refractivity contribution >= 4 is 51.9 Å². The van der Waals surface area contributed by atoms with Crippen LogP contribution in [0.2, 0.25) is 15.1 Å². The number of benzene rings is 2. The highest BCUT2D eigenvalue weighted by molar-refractivity contribution is 6.43. The van der Waals surface area contributed by atoms with E-state index in [1.807, 2.05) is 25.1 Å². The van der Waals surface area contributed by atoms with Gasteiger partial charge in [0.2, 0.25) is 0 Å². The van der Waals surface area contributed by atoms with Gasteiger partial charge in [-0.25, -0.2) is 0 Å². The fraction of sp³-hybridized carbons (Fsp3) is 0.0769. The Hall–Kier alpha value is -1.09. The molecule has 0 fully saturated rings. The summed E-state index contributed by atoms with van der Waals surface area (Å²) in [5.41, 5.74) is 8.84. The van der Waals surface area contributed by atoms with Gasteiger partial charge in [-0.2, -0.15) is 0 Å². The molecule has 0 aliphatic rings. The summed E-state index contributed by atoms with van der Waals surface area (Å²) in [6, 6.07) is 8.98. The Bertz CT molecular complexity index is 597. The molecule has 2 aromatic carbocycles. The first kappa shape index (κ1) is 13.3. The van der Waals surface area contributed by atoms with Gasteiger partial charge in [0, 0.05) is 5.69 Å². The van der Waals surface area contributed by atoms with Crippen LogP contribution < -0.4 is 11.1 Å². The highest BCUT2D eigenvalue weighted by Gasteiger charge is 2.08. The quantitative estimate of drug-likeness (QED) is 0.740. The Morgan fingerprint density at radius 3 is 2.44 bits per heavy atom. The molecule has 0 atom stereocenters. The molecule has 0 spiro atoms. The lowest BCUT2D eigenvalue weighted by molar-refractivity contribution is 1.43. The fourth-order valence-electron chi connectivity index (χ4n) is 1.58. The third-order valence-corrected chi connectivity index (χ3v) is 3.71. The Labute approximate surface area is 121 Å². The lowest BCUT2D eigenvalue weighted by atomic mass is 10.1. The Balaban J connectivity index is 2.40. The van der Waals surface area contributed by atoms with Gasteiger partial charge in [0.25, 0.3) is 0 Å². The first-order chi connectivity index (χ1) is 8.49. The van der Waals surface area contributed by atoms with Gasteiger partial charge in [-0.1, -0.05) is 40.9 Å². The summed E-state index contributed by atoms with van der Waals surface area (Å²) in [5, 5.41) is 4.67. The zero-order chi connectivity index (χ0) is 13.3. The molecule has 94 valence electrons. The van der Waals surface area contributed by atoms with Gasteiger partial charge in [-0.3, -0.25) is 0 Å². The summed E-state index contributed by atoms with van der Waals surface area (Å²) in [7, 11) is 0. The van der Waals surface area contributed by atoms with E-state index in [4.69, 9.17) is 40.5 Å². The standard InChI is InChI=1S/C13H11Cl3N2/c1-7-5-10(17)9(15)6-12(7)18-11-4-2-3-8(14)13(11)16/h2-6,18H,17H2,1H3. The average molecular weight is 302 g/mol. The van der Waals surface area contributed by atoms with Crippen LogP contribution in [0.3, 0.4) is 0 Å². The number of rotatable bonds is 2. The number of nitrogen functional groups attached to an aromatic ring is 1. The number of anilines is 3. The van der Waals surface area contributed by atoms with Crippen LogP contribution in [0.15, 0.2) is 30.3 Å². The van der Waals surface area contributed by atoms with Gasteiger partial charge in [0.15, 0.2) is 0 Å². The van der Waals surface area contributed by atoms with Crippen molar-refractivity contribution < 1.29 is 0 Å². The molecule has 2 rings (SSSR count). The molecule has 0 saturated carbocycles. The van der Waals surface area contributed by atoms with Crippen LogP contribution in [-0.4, -0.2) is 0 Å². The number of nitrogens with two attached hydrogens (primary N) is 1. The Morgan fingerprint density at radius 2 is 1.72 bits per heavy atom. The van der Waals surface area contributed by atoms with E-state index in [1.54, 1.807) is 12.1 Å². The maximum atomic E-state index is 6.11. The molecule has 0 heterocycles. The molecule has 0 amide bonds. The maximum absolute atomic E-state index is 6.11. The summed E-state index contributed by atoms with van der Waals surface area (Å²) < 4.78 is 0. The van der Waals surface area contributed by atoms with Gasteiger partial charge < -0.3 is 11.1 Å². The lowest BCUT2D eigenvalue weighted by Crippen LogP contribution is -1.96. The van der Waals surface area contributed by atoms with E-state index in [2.05, 4.69) is 5.32 Å². The zero-order valence-electron chi connectivity index (χ0n) is 9.60. The number of halogens is 3. The van der Waals surface area contributed by atoms with E-state index in [1.165, 1.54) is 0 Å². The smallest absolute Gasteiger partial charge is 0.0827 e. The van der Waals surface area contributed by atoms with Crippen molar-refractivity contribution in [3.63, 3.8) is 0 Å². The summed E-state index contributed by atoms with van der Waals surface area (Å²) in [5.74, 6) is 0. The van der Waals surface area contributed by atoms with Gasteiger partial charge >= 0.3 is 0 Å². The second kappa shape index (κ2) is 5.27. The van der Waals surface area contributed by atoms with Crippen LogP contribution in [-0.2, 0) is 0 Å². The number of hydrogen-bond acceptors (Lipinski definition) is 2. The molecule has 2 aromatic rings. The third kappa shape index (κ3) is 2.66. The van der Waals surface area contributed by atoms with Gasteiger partial charge in [0.05, 0.1) is 26.4 Å². The van der Waals surface area contributed by atoms with Crippen LogP contribution in [0.5, 0.6) is 0 Å². The van der Waals surface area contributed by atoms with Crippen molar-refractivity contribution in [2.24, 2.45) is 0 Å². The predicted octanol–water partition coefficient (Wildman–Crippen LogP) is 5.28. The molecule has 0 saturated heterocycles. The molecule has 5 heteroatoms. The number of nitrogens with one attached hydrogen (secondary N) is 1. The minimum Gasteiger partial charge on any atom is -0.398 e. The van der Waals surface area contributed by atoms with E-state index >= 15 is 0 Å². The topological polar surface area (TPSA) is 38.0 Å². The summed E-state index contributed by atoms with van der Waals surface area (Å²) >= 11 is 18.1. The molecule has 0 bridgehead atoms. The summed E-state index contributed by atoms with van der Waals surface area (Å²) in [6.45, 7) is 1.94. The minimum absolute atomic E-state index is 0.478. The molecule has 0 aliphatic heterocycles. The molecule has 0 radical (unpaired) electrons. The first-order valence-electron chi connectivity index (χ1n) is 5.25. The van der Waals surface area contributed by atoms with Crippen molar-refractivity contribution in [2.75, 3.05) is 11.1 Å². The maximum Gasteiger partial charge on any atom is 0.0827 e. The number of aryl methyl sites for hydroxylation is 1.